The smallest absolute Gasteiger partial charge is 0.269 e. The van der Waals surface area contributed by atoms with Gasteiger partial charge in [-0.2, -0.15) is 5.10 Å². The van der Waals surface area contributed by atoms with Crippen LogP contribution in [0.15, 0.2) is 6.07 Å². The van der Waals surface area contributed by atoms with Gasteiger partial charge in [0.05, 0.1) is 5.69 Å². The van der Waals surface area contributed by atoms with Crippen molar-refractivity contribution < 1.29 is 9.59 Å². The molecule has 1 saturated carbocycles. The number of likely N-dealkylation sites (tertiary alicyclic amines) is 1. The molecule has 24 heavy (non-hydrogen) atoms. The zero-order valence-corrected chi connectivity index (χ0v) is 15.0. The molecule has 2 fully saturated rings. The van der Waals surface area contributed by atoms with Crippen LogP contribution in [0, 0.1) is 12.3 Å². The minimum Gasteiger partial charge on any atom is -0.350 e. The minimum atomic E-state index is -0.0722. The lowest BCUT2D eigenvalue weighted by molar-refractivity contribution is -0.141. The number of fused-ring (bicyclic) bond motifs is 1. The van der Waals surface area contributed by atoms with Crippen LogP contribution in [-0.2, 0) is 11.8 Å². The van der Waals surface area contributed by atoms with Gasteiger partial charge in [-0.25, -0.2) is 0 Å². The van der Waals surface area contributed by atoms with E-state index in [4.69, 9.17) is 0 Å². The van der Waals surface area contributed by atoms with Crippen molar-refractivity contribution in [1.82, 2.24) is 20.0 Å². The number of nitrogens with one attached hydrogen (secondary N) is 1. The summed E-state index contributed by atoms with van der Waals surface area (Å²) in [5, 5.41) is 7.37. The second-order valence-corrected chi connectivity index (χ2v) is 7.33. The van der Waals surface area contributed by atoms with Gasteiger partial charge < -0.3 is 10.2 Å². The monoisotopic (exact) mass is 332 g/mol. The van der Waals surface area contributed by atoms with Crippen molar-refractivity contribution in [2.24, 2.45) is 12.5 Å². The van der Waals surface area contributed by atoms with E-state index in [0.717, 1.165) is 44.3 Å². The van der Waals surface area contributed by atoms with Gasteiger partial charge in [0.1, 0.15) is 5.69 Å². The number of carbonyl (C=O) groups is 2. The molecule has 2 aliphatic rings. The molecule has 0 unspecified atom stereocenters. The van der Waals surface area contributed by atoms with Gasteiger partial charge in [-0.3, -0.25) is 14.3 Å². The topological polar surface area (TPSA) is 67.2 Å². The third-order valence-electron chi connectivity index (χ3n) is 5.69. The van der Waals surface area contributed by atoms with Gasteiger partial charge in [0, 0.05) is 38.0 Å². The van der Waals surface area contributed by atoms with Crippen LogP contribution in [0.5, 0.6) is 0 Å². The lowest BCUT2D eigenvalue weighted by atomic mass is 9.74. The molecule has 6 heteroatoms. The number of hydrogen-bond acceptors (Lipinski definition) is 3. The van der Waals surface area contributed by atoms with E-state index in [2.05, 4.69) is 22.2 Å². The Morgan fingerprint density at radius 2 is 2.25 bits per heavy atom. The first kappa shape index (κ1) is 17.0. The molecule has 1 saturated heterocycles. The van der Waals surface area contributed by atoms with E-state index in [-0.39, 0.29) is 23.3 Å². The average Bonchev–Trinajstić information content (AvgIpc) is 3.12. The van der Waals surface area contributed by atoms with Gasteiger partial charge >= 0.3 is 0 Å². The van der Waals surface area contributed by atoms with Crippen LogP contribution in [0.4, 0.5) is 0 Å². The van der Waals surface area contributed by atoms with Crippen LogP contribution < -0.4 is 5.32 Å². The zero-order chi connectivity index (χ0) is 17.3. The minimum absolute atomic E-state index is 0.0480. The van der Waals surface area contributed by atoms with E-state index in [1.54, 1.807) is 11.7 Å². The highest BCUT2D eigenvalue weighted by molar-refractivity contribution is 5.92. The van der Waals surface area contributed by atoms with E-state index < -0.39 is 0 Å². The Hall–Kier alpha value is -1.85. The first-order valence-corrected chi connectivity index (χ1v) is 9.05. The van der Waals surface area contributed by atoms with Crippen molar-refractivity contribution in [1.29, 1.82) is 0 Å². The molecule has 1 aromatic rings. The quantitative estimate of drug-likeness (QED) is 0.897. The van der Waals surface area contributed by atoms with Gasteiger partial charge in [0.2, 0.25) is 5.91 Å². The molecule has 1 aliphatic heterocycles. The second kappa shape index (κ2) is 6.57. The van der Waals surface area contributed by atoms with Gasteiger partial charge in [-0.1, -0.05) is 13.3 Å². The second-order valence-electron chi connectivity index (χ2n) is 7.33. The summed E-state index contributed by atoms with van der Waals surface area (Å²) in [5.74, 6) is 0.213. The molecule has 0 aromatic carbocycles. The Labute approximate surface area is 143 Å². The van der Waals surface area contributed by atoms with Crippen molar-refractivity contribution in [3.05, 3.63) is 17.5 Å². The third-order valence-corrected chi connectivity index (χ3v) is 5.69. The van der Waals surface area contributed by atoms with Crippen LogP contribution in [-0.4, -0.2) is 45.6 Å². The summed E-state index contributed by atoms with van der Waals surface area (Å²) < 4.78 is 1.63. The van der Waals surface area contributed by atoms with E-state index in [0.29, 0.717) is 18.7 Å². The van der Waals surface area contributed by atoms with E-state index in [1.165, 1.54) is 0 Å². The van der Waals surface area contributed by atoms with Crippen molar-refractivity contribution in [2.45, 2.75) is 58.4 Å². The highest BCUT2D eigenvalue weighted by Gasteiger charge is 2.49. The Balaban J connectivity index is 1.72. The van der Waals surface area contributed by atoms with Crippen molar-refractivity contribution in [3.8, 4) is 0 Å². The first-order valence-electron chi connectivity index (χ1n) is 9.05. The molecule has 1 aliphatic carbocycles. The molecular formula is C18H28N4O2. The molecule has 6 nitrogen and oxygen atoms in total. The molecular weight excluding hydrogens is 304 g/mol. The summed E-state index contributed by atoms with van der Waals surface area (Å²) in [7, 11) is 1.79. The first-order chi connectivity index (χ1) is 11.5. The zero-order valence-electron chi connectivity index (χ0n) is 15.0. The summed E-state index contributed by atoms with van der Waals surface area (Å²) >= 11 is 0. The van der Waals surface area contributed by atoms with E-state index >= 15 is 0 Å². The van der Waals surface area contributed by atoms with Crippen molar-refractivity contribution >= 4 is 11.8 Å². The van der Waals surface area contributed by atoms with Crippen LogP contribution in [0.25, 0.3) is 0 Å². The largest absolute Gasteiger partial charge is 0.350 e. The van der Waals surface area contributed by atoms with Gasteiger partial charge in [0.25, 0.3) is 5.91 Å². The highest BCUT2D eigenvalue weighted by Crippen LogP contribution is 2.47. The maximum atomic E-state index is 12.5. The van der Waals surface area contributed by atoms with Crippen molar-refractivity contribution in [3.63, 3.8) is 0 Å². The SMILES string of the molecule is CCCN1C(=O)CC[C@]2(CNC(=O)c3cc(C)nn3C)CCC[C@@H]12. The van der Waals surface area contributed by atoms with E-state index in [1.807, 2.05) is 13.0 Å². The third kappa shape index (κ3) is 2.94. The lowest BCUT2D eigenvalue weighted by Crippen LogP contribution is -2.56. The molecule has 0 bridgehead atoms. The molecule has 132 valence electrons. The standard InChI is InChI=1S/C18H28N4O2/c1-4-10-22-15-6-5-8-18(15,9-7-16(22)23)12-19-17(24)14-11-13(2)20-21(14)3/h11,15H,4-10,12H2,1-3H3,(H,19,24)/t15-,18+/m1/s1. The average molecular weight is 332 g/mol. The fourth-order valence-corrected chi connectivity index (χ4v) is 4.56. The Morgan fingerprint density at radius 3 is 2.92 bits per heavy atom. The number of carbonyl (C=O) groups excluding carboxylic acids is 2. The Morgan fingerprint density at radius 1 is 1.46 bits per heavy atom. The molecule has 3 rings (SSSR count). The highest BCUT2D eigenvalue weighted by atomic mass is 16.2. The summed E-state index contributed by atoms with van der Waals surface area (Å²) in [4.78, 5) is 26.9. The summed E-state index contributed by atoms with van der Waals surface area (Å²) in [6, 6.07) is 2.10. The summed E-state index contributed by atoms with van der Waals surface area (Å²) in [5.41, 5.74) is 1.49. The number of aromatic nitrogens is 2. The Kier molecular flexibility index (Phi) is 4.65. The normalized spacial score (nSPS) is 26.5. The summed E-state index contributed by atoms with van der Waals surface area (Å²) in [6.07, 6.45) is 5.78. The van der Waals surface area contributed by atoms with Crippen molar-refractivity contribution in [2.75, 3.05) is 13.1 Å². The molecule has 0 radical (unpaired) electrons. The van der Waals surface area contributed by atoms with Crippen LogP contribution in [0.1, 0.15) is 61.6 Å². The van der Waals surface area contributed by atoms with E-state index in [9.17, 15) is 9.59 Å². The molecule has 0 spiro atoms. The molecule has 2 amide bonds. The Bertz CT molecular complexity index is 639. The van der Waals surface area contributed by atoms with Gasteiger partial charge in [-0.05, 0) is 38.7 Å². The fourth-order valence-electron chi connectivity index (χ4n) is 4.56. The predicted octanol–water partition coefficient (Wildman–Crippen LogP) is 2.03. The number of rotatable bonds is 5. The maximum absolute atomic E-state index is 12.5. The molecule has 2 atom stereocenters. The number of amides is 2. The molecule has 1 N–H and O–H groups in total. The fraction of sp³-hybridized carbons (Fsp3) is 0.722. The lowest BCUT2D eigenvalue weighted by Gasteiger charge is -2.46. The number of nitrogens with zero attached hydrogens (tertiary/aromatic N) is 3. The predicted molar refractivity (Wildman–Crippen MR) is 91.6 cm³/mol. The number of piperidine rings is 1. The molecule has 2 heterocycles. The number of hydrogen-bond donors (Lipinski definition) is 1. The molecule has 1 aromatic heterocycles. The van der Waals surface area contributed by atoms with Crippen LogP contribution >= 0.6 is 0 Å². The van der Waals surface area contributed by atoms with Gasteiger partial charge in [-0.15, -0.1) is 0 Å². The van der Waals surface area contributed by atoms with Crippen LogP contribution in [0.2, 0.25) is 0 Å². The number of aryl methyl sites for hydroxylation is 2. The van der Waals surface area contributed by atoms with Gasteiger partial charge in [0.15, 0.2) is 0 Å². The maximum Gasteiger partial charge on any atom is 0.269 e. The summed E-state index contributed by atoms with van der Waals surface area (Å²) in [6.45, 7) is 5.48. The van der Waals surface area contributed by atoms with Crippen LogP contribution in [0.3, 0.4) is 0 Å².